The van der Waals surface area contributed by atoms with Gasteiger partial charge in [-0.1, -0.05) is 23.7 Å². The van der Waals surface area contributed by atoms with Gasteiger partial charge in [-0.25, -0.2) is 8.42 Å². The van der Waals surface area contributed by atoms with Crippen LogP contribution in [0.2, 0.25) is 5.02 Å². The normalized spacial score (nSPS) is 22.9. The molecule has 15 heavy (non-hydrogen) atoms. The molecule has 5 heteroatoms. The number of hydrogen-bond acceptors (Lipinski definition) is 3. The van der Waals surface area contributed by atoms with Gasteiger partial charge < -0.3 is 5.32 Å². The summed E-state index contributed by atoms with van der Waals surface area (Å²) < 4.78 is 22.3. The summed E-state index contributed by atoms with van der Waals surface area (Å²) in [6, 6.07) is 7.05. The molecule has 0 spiro atoms. The SMILES string of the molecule is O=S1(=O)C=C[C@@H](Nc2cccc(Cl)c2)C1. The average Bonchev–Trinajstić information content (AvgIpc) is 2.45. The molecule has 0 fully saturated rings. The lowest BCUT2D eigenvalue weighted by molar-refractivity contribution is 0.605. The van der Waals surface area contributed by atoms with Gasteiger partial charge in [-0.3, -0.25) is 0 Å². The molecule has 1 aliphatic rings. The van der Waals surface area contributed by atoms with E-state index in [0.717, 1.165) is 5.69 Å². The van der Waals surface area contributed by atoms with Crippen molar-refractivity contribution in [3.05, 3.63) is 40.8 Å². The molecule has 3 nitrogen and oxygen atoms in total. The van der Waals surface area contributed by atoms with Crippen molar-refractivity contribution in [1.82, 2.24) is 0 Å². The van der Waals surface area contributed by atoms with E-state index >= 15 is 0 Å². The van der Waals surface area contributed by atoms with Crippen molar-refractivity contribution in [3.63, 3.8) is 0 Å². The highest BCUT2D eigenvalue weighted by molar-refractivity contribution is 7.94. The average molecular weight is 244 g/mol. The fourth-order valence-electron chi connectivity index (χ4n) is 1.46. The first-order chi connectivity index (χ1) is 7.05. The third-order valence-corrected chi connectivity index (χ3v) is 3.74. The second-order valence-corrected chi connectivity index (χ2v) is 5.79. The molecular formula is C10H10ClNO2S. The molecule has 0 aromatic heterocycles. The van der Waals surface area contributed by atoms with Crippen molar-refractivity contribution in [1.29, 1.82) is 0 Å². The van der Waals surface area contributed by atoms with Crippen LogP contribution in [0.1, 0.15) is 0 Å². The molecule has 0 saturated carbocycles. The quantitative estimate of drug-likeness (QED) is 0.865. The Balaban J connectivity index is 2.09. The van der Waals surface area contributed by atoms with Crippen molar-refractivity contribution in [2.75, 3.05) is 11.1 Å². The topological polar surface area (TPSA) is 46.2 Å². The lowest BCUT2D eigenvalue weighted by Gasteiger charge is -2.11. The summed E-state index contributed by atoms with van der Waals surface area (Å²) in [5.74, 6) is 0.111. The zero-order valence-electron chi connectivity index (χ0n) is 7.85. The van der Waals surface area contributed by atoms with Crippen LogP contribution in [0, 0.1) is 0 Å². The van der Waals surface area contributed by atoms with Crippen LogP contribution in [-0.2, 0) is 9.84 Å². The number of sulfone groups is 1. The largest absolute Gasteiger partial charge is 0.378 e. The molecule has 1 aromatic carbocycles. The van der Waals surface area contributed by atoms with Gasteiger partial charge in [0.15, 0.2) is 9.84 Å². The Morgan fingerprint density at radius 3 is 2.80 bits per heavy atom. The van der Waals surface area contributed by atoms with Gasteiger partial charge in [0.1, 0.15) is 0 Å². The molecular weight excluding hydrogens is 234 g/mol. The predicted molar refractivity (Wildman–Crippen MR) is 61.8 cm³/mol. The summed E-state index contributed by atoms with van der Waals surface area (Å²) in [5.41, 5.74) is 0.828. The summed E-state index contributed by atoms with van der Waals surface area (Å²) in [5, 5.41) is 4.96. The molecule has 1 aromatic rings. The zero-order chi connectivity index (χ0) is 10.9. The summed E-state index contributed by atoms with van der Waals surface area (Å²) in [6.45, 7) is 0. The Kier molecular flexibility index (Phi) is 2.71. The van der Waals surface area contributed by atoms with E-state index in [2.05, 4.69) is 5.32 Å². The maximum Gasteiger partial charge on any atom is 0.173 e. The number of halogens is 1. The number of nitrogens with one attached hydrogen (secondary N) is 1. The van der Waals surface area contributed by atoms with Crippen LogP contribution < -0.4 is 5.32 Å². The summed E-state index contributed by atoms with van der Waals surface area (Å²) in [7, 11) is -3.00. The molecule has 0 radical (unpaired) electrons. The third-order valence-electron chi connectivity index (χ3n) is 2.11. The van der Waals surface area contributed by atoms with Crippen LogP contribution >= 0.6 is 11.6 Å². The minimum atomic E-state index is -3.00. The number of benzene rings is 1. The fraction of sp³-hybridized carbons (Fsp3) is 0.200. The predicted octanol–water partition coefficient (Wildman–Crippen LogP) is 2.06. The summed E-state index contributed by atoms with van der Waals surface area (Å²) in [4.78, 5) is 0. The van der Waals surface area contributed by atoms with Crippen molar-refractivity contribution in [2.45, 2.75) is 6.04 Å². The van der Waals surface area contributed by atoms with Crippen LogP contribution in [0.5, 0.6) is 0 Å². The standard InChI is InChI=1S/C10H10ClNO2S/c11-8-2-1-3-9(6-8)12-10-4-5-15(13,14)7-10/h1-6,10,12H,7H2/t10-/m1/s1. The number of rotatable bonds is 2. The third kappa shape index (κ3) is 2.73. The maximum absolute atomic E-state index is 11.1. The van der Waals surface area contributed by atoms with Crippen molar-refractivity contribution < 1.29 is 8.42 Å². The lowest BCUT2D eigenvalue weighted by Crippen LogP contribution is -2.20. The van der Waals surface area contributed by atoms with Crippen LogP contribution in [0.15, 0.2) is 35.7 Å². The van der Waals surface area contributed by atoms with Gasteiger partial charge in [0.25, 0.3) is 0 Å². The minimum Gasteiger partial charge on any atom is -0.378 e. The fourth-order valence-corrected chi connectivity index (χ4v) is 2.88. The molecule has 1 aliphatic heterocycles. The Labute approximate surface area is 93.7 Å². The maximum atomic E-state index is 11.1. The van der Waals surface area contributed by atoms with Crippen molar-refractivity contribution >= 4 is 27.1 Å². The second-order valence-electron chi connectivity index (χ2n) is 3.42. The Morgan fingerprint density at radius 2 is 2.20 bits per heavy atom. The van der Waals surface area contributed by atoms with Gasteiger partial charge in [-0.15, -0.1) is 0 Å². The first kappa shape index (κ1) is 10.5. The Morgan fingerprint density at radius 1 is 1.40 bits per heavy atom. The van der Waals surface area contributed by atoms with E-state index in [0.29, 0.717) is 5.02 Å². The van der Waals surface area contributed by atoms with Crippen molar-refractivity contribution in [3.8, 4) is 0 Å². The molecule has 0 aliphatic carbocycles. The Hall–Kier alpha value is -1.00. The number of anilines is 1. The van der Waals surface area contributed by atoms with E-state index in [-0.39, 0.29) is 11.8 Å². The highest BCUT2D eigenvalue weighted by Gasteiger charge is 2.21. The van der Waals surface area contributed by atoms with E-state index in [4.69, 9.17) is 11.6 Å². The second kappa shape index (κ2) is 3.87. The van der Waals surface area contributed by atoms with E-state index < -0.39 is 9.84 Å². The zero-order valence-corrected chi connectivity index (χ0v) is 9.42. The van der Waals surface area contributed by atoms with Crippen molar-refractivity contribution in [2.24, 2.45) is 0 Å². The van der Waals surface area contributed by atoms with Crippen LogP contribution in [0.3, 0.4) is 0 Å². The van der Waals surface area contributed by atoms with Crippen LogP contribution in [0.25, 0.3) is 0 Å². The highest BCUT2D eigenvalue weighted by Crippen LogP contribution is 2.18. The molecule has 80 valence electrons. The van der Waals surface area contributed by atoms with Gasteiger partial charge in [0.05, 0.1) is 11.8 Å². The van der Waals surface area contributed by atoms with Crippen LogP contribution in [-0.4, -0.2) is 20.2 Å². The molecule has 1 N–H and O–H groups in total. The number of hydrogen-bond donors (Lipinski definition) is 1. The van der Waals surface area contributed by atoms with Gasteiger partial charge in [0, 0.05) is 16.1 Å². The molecule has 0 amide bonds. The van der Waals surface area contributed by atoms with Gasteiger partial charge >= 0.3 is 0 Å². The molecule has 2 rings (SSSR count). The lowest BCUT2D eigenvalue weighted by atomic mass is 10.2. The molecule has 1 atom stereocenters. The molecule has 0 saturated heterocycles. The highest BCUT2D eigenvalue weighted by atomic mass is 35.5. The first-order valence-electron chi connectivity index (χ1n) is 4.48. The van der Waals surface area contributed by atoms with E-state index in [9.17, 15) is 8.42 Å². The molecule has 0 unspecified atom stereocenters. The van der Waals surface area contributed by atoms with E-state index in [1.807, 2.05) is 12.1 Å². The summed E-state index contributed by atoms with van der Waals surface area (Å²) in [6.07, 6.45) is 1.65. The summed E-state index contributed by atoms with van der Waals surface area (Å²) >= 11 is 5.81. The van der Waals surface area contributed by atoms with E-state index in [1.165, 1.54) is 5.41 Å². The first-order valence-corrected chi connectivity index (χ1v) is 6.58. The molecule has 0 bridgehead atoms. The Bertz CT molecular complexity index is 496. The monoisotopic (exact) mass is 243 g/mol. The molecule has 1 heterocycles. The van der Waals surface area contributed by atoms with Gasteiger partial charge in [-0.2, -0.15) is 0 Å². The minimum absolute atomic E-state index is 0.111. The smallest absolute Gasteiger partial charge is 0.173 e. The van der Waals surface area contributed by atoms with Gasteiger partial charge in [0.2, 0.25) is 0 Å². The van der Waals surface area contributed by atoms with Crippen LogP contribution in [0.4, 0.5) is 5.69 Å². The van der Waals surface area contributed by atoms with E-state index in [1.54, 1.807) is 18.2 Å². The van der Waals surface area contributed by atoms with Gasteiger partial charge in [-0.05, 0) is 18.2 Å².